The van der Waals surface area contributed by atoms with Gasteiger partial charge in [-0.3, -0.25) is 9.69 Å². The Morgan fingerprint density at radius 1 is 1.09 bits per heavy atom. The van der Waals surface area contributed by atoms with Crippen molar-refractivity contribution in [1.29, 1.82) is 0 Å². The quantitative estimate of drug-likeness (QED) is 0.407. The average Bonchev–Trinajstić information content (AvgIpc) is 3.31. The van der Waals surface area contributed by atoms with Gasteiger partial charge in [0.1, 0.15) is 10.0 Å². The van der Waals surface area contributed by atoms with Crippen molar-refractivity contribution in [3.63, 3.8) is 0 Å². The van der Waals surface area contributed by atoms with E-state index in [1.165, 1.54) is 35.1 Å². The molecule has 0 N–H and O–H groups in total. The number of hydrogen-bond donors (Lipinski definition) is 0. The maximum absolute atomic E-state index is 12.6. The smallest absolute Gasteiger partial charge is 0.265 e. The molecule has 1 aliphatic rings. The van der Waals surface area contributed by atoms with Crippen LogP contribution < -0.4 is 0 Å². The number of para-hydroxylation sites is 1. The van der Waals surface area contributed by atoms with Crippen LogP contribution in [-0.2, 0) is 14.8 Å². The standard InChI is InChI=1S/C22H20N4O3S3/c1-24(2)32(28,29)18-11-7-8-15(12-18)20-16(13-19-21(27)25(3)22(30)31-19)14-26(23-20)17-9-5-4-6-10-17/h4-14H,1-3H3/b19-13-. The van der Waals surface area contributed by atoms with E-state index in [0.29, 0.717) is 26.0 Å². The second kappa shape index (κ2) is 8.62. The van der Waals surface area contributed by atoms with Crippen molar-refractivity contribution in [3.05, 3.63) is 71.3 Å². The summed E-state index contributed by atoms with van der Waals surface area (Å²) in [7, 11) is 1.01. The molecule has 4 rings (SSSR count). The number of benzene rings is 2. The van der Waals surface area contributed by atoms with Gasteiger partial charge in [-0.2, -0.15) is 5.10 Å². The second-order valence-electron chi connectivity index (χ2n) is 7.27. The number of sulfonamides is 1. The molecule has 0 spiro atoms. The van der Waals surface area contributed by atoms with Gasteiger partial charge in [0.2, 0.25) is 10.0 Å². The molecule has 2 heterocycles. The monoisotopic (exact) mass is 484 g/mol. The summed E-state index contributed by atoms with van der Waals surface area (Å²) in [5, 5.41) is 4.72. The fourth-order valence-electron chi connectivity index (χ4n) is 3.13. The van der Waals surface area contributed by atoms with Gasteiger partial charge >= 0.3 is 0 Å². The average molecular weight is 485 g/mol. The van der Waals surface area contributed by atoms with Crippen LogP contribution in [0, 0.1) is 0 Å². The number of carbonyl (C=O) groups excluding carboxylic acids is 1. The summed E-state index contributed by atoms with van der Waals surface area (Å²) in [4.78, 5) is 14.6. The van der Waals surface area contributed by atoms with Crippen molar-refractivity contribution in [1.82, 2.24) is 19.0 Å². The van der Waals surface area contributed by atoms with Crippen molar-refractivity contribution in [2.45, 2.75) is 4.90 Å². The van der Waals surface area contributed by atoms with E-state index in [0.717, 1.165) is 5.69 Å². The van der Waals surface area contributed by atoms with Crippen LogP contribution >= 0.6 is 24.0 Å². The first-order valence-corrected chi connectivity index (χ1v) is 12.2. The third-order valence-electron chi connectivity index (χ3n) is 4.92. The van der Waals surface area contributed by atoms with Crippen LogP contribution in [0.5, 0.6) is 0 Å². The zero-order valence-electron chi connectivity index (χ0n) is 17.6. The predicted octanol–water partition coefficient (Wildman–Crippen LogP) is 3.62. The molecule has 10 heteroatoms. The minimum atomic E-state index is -3.61. The van der Waals surface area contributed by atoms with E-state index in [1.54, 1.807) is 42.1 Å². The third kappa shape index (κ3) is 4.14. The van der Waals surface area contributed by atoms with E-state index in [-0.39, 0.29) is 10.8 Å². The van der Waals surface area contributed by atoms with Gasteiger partial charge in [0.25, 0.3) is 5.91 Å². The topological polar surface area (TPSA) is 75.5 Å². The van der Waals surface area contributed by atoms with Crippen LogP contribution in [0.2, 0.25) is 0 Å². The number of likely N-dealkylation sites (N-methyl/N-ethyl adjacent to an activating group) is 1. The molecule has 7 nitrogen and oxygen atoms in total. The van der Waals surface area contributed by atoms with Crippen LogP contribution in [0.1, 0.15) is 5.56 Å². The van der Waals surface area contributed by atoms with Gasteiger partial charge in [0.05, 0.1) is 15.5 Å². The van der Waals surface area contributed by atoms with Gasteiger partial charge in [0.15, 0.2) is 0 Å². The highest BCUT2D eigenvalue weighted by atomic mass is 32.2. The Balaban J connectivity index is 1.88. The maximum Gasteiger partial charge on any atom is 0.265 e. The first-order chi connectivity index (χ1) is 15.2. The third-order valence-corrected chi connectivity index (χ3v) is 8.22. The number of rotatable bonds is 5. The molecular formula is C22H20N4O3S3. The molecule has 0 atom stereocenters. The largest absolute Gasteiger partial charge is 0.296 e. The Morgan fingerprint density at radius 3 is 2.44 bits per heavy atom. The van der Waals surface area contributed by atoms with E-state index in [9.17, 15) is 13.2 Å². The van der Waals surface area contributed by atoms with E-state index < -0.39 is 10.0 Å². The Hall–Kier alpha value is -2.79. The highest BCUT2D eigenvalue weighted by Gasteiger charge is 2.29. The molecule has 1 aliphatic heterocycles. The predicted molar refractivity (Wildman–Crippen MR) is 131 cm³/mol. The van der Waals surface area contributed by atoms with E-state index in [1.807, 2.05) is 36.5 Å². The SMILES string of the molecule is CN1C(=O)/C(=C/c2cn(-c3ccccc3)nc2-c2cccc(S(=O)(=O)N(C)C)c2)SC1=S. The van der Waals surface area contributed by atoms with Crippen molar-refractivity contribution < 1.29 is 13.2 Å². The van der Waals surface area contributed by atoms with Crippen molar-refractivity contribution in [2.75, 3.05) is 21.1 Å². The summed E-state index contributed by atoms with van der Waals surface area (Å²) in [6.07, 6.45) is 3.57. The van der Waals surface area contributed by atoms with Gasteiger partial charge in [-0.25, -0.2) is 17.4 Å². The molecule has 32 heavy (non-hydrogen) atoms. The summed E-state index contributed by atoms with van der Waals surface area (Å²) >= 11 is 6.46. The van der Waals surface area contributed by atoms with E-state index in [2.05, 4.69) is 0 Å². The minimum absolute atomic E-state index is 0.167. The number of amides is 1. The Morgan fingerprint density at radius 2 is 1.81 bits per heavy atom. The molecule has 0 radical (unpaired) electrons. The molecule has 1 aromatic heterocycles. The van der Waals surface area contributed by atoms with Gasteiger partial charge in [-0.1, -0.05) is 54.3 Å². The number of hydrogen-bond acceptors (Lipinski definition) is 6. The molecule has 1 amide bonds. The molecule has 0 unspecified atom stereocenters. The Bertz CT molecular complexity index is 1350. The lowest BCUT2D eigenvalue weighted by atomic mass is 10.1. The molecule has 2 aromatic carbocycles. The molecular weight excluding hydrogens is 464 g/mol. The van der Waals surface area contributed by atoms with Gasteiger partial charge in [0, 0.05) is 38.5 Å². The fraction of sp³-hybridized carbons (Fsp3) is 0.136. The molecule has 0 saturated carbocycles. The highest BCUT2D eigenvalue weighted by molar-refractivity contribution is 8.26. The van der Waals surface area contributed by atoms with E-state index >= 15 is 0 Å². The Kier molecular flexibility index (Phi) is 6.04. The van der Waals surface area contributed by atoms with Gasteiger partial charge in [-0.15, -0.1) is 0 Å². The first-order valence-electron chi connectivity index (χ1n) is 9.58. The van der Waals surface area contributed by atoms with Crippen molar-refractivity contribution >= 4 is 50.3 Å². The second-order valence-corrected chi connectivity index (χ2v) is 11.1. The summed E-state index contributed by atoms with van der Waals surface area (Å²) in [5.41, 5.74) is 2.71. The summed E-state index contributed by atoms with van der Waals surface area (Å²) < 4.78 is 28.6. The summed E-state index contributed by atoms with van der Waals surface area (Å²) in [6, 6.07) is 16.2. The van der Waals surface area contributed by atoms with Gasteiger partial charge < -0.3 is 0 Å². The highest BCUT2D eigenvalue weighted by Crippen LogP contribution is 2.34. The number of thioether (sulfide) groups is 1. The number of nitrogens with zero attached hydrogens (tertiary/aromatic N) is 4. The molecule has 1 fully saturated rings. The lowest BCUT2D eigenvalue weighted by Gasteiger charge is -2.12. The number of thiocarbonyl (C=S) groups is 1. The summed E-state index contributed by atoms with van der Waals surface area (Å²) in [6.45, 7) is 0. The lowest BCUT2D eigenvalue weighted by Crippen LogP contribution is -2.22. The molecule has 0 bridgehead atoms. The lowest BCUT2D eigenvalue weighted by molar-refractivity contribution is -0.121. The minimum Gasteiger partial charge on any atom is -0.296 e. The van der Waals surface area contributed by atoms with Crippen LogP contribution in [0.3, 0.4) is 0 Å². The fourth-order valence-corrected chi connectivity index (χ4v) is 5.25. The van der Waals surface area contributed by atoms with Crippen LogP contribution in [0.4, 0.5) is 0 Å². The molecule has 3 aromatic rings. The Labute approximate surface area is 196 Å². The summed E-state index contributed by atoms with van der Waals surface area (Å²) in [5.74, 6) is -0.178. The number of carbonyl (C=O) groups is 1. The first kappa shape index (κ1) is 22.4. The zero-order valence-corrected chi connectivity index (χ0v) is 20.0. The normalized spacial score (nSPS) is 15.9. The molecule has 164 valence electrons. The van der Waals surface area contributed by atoms with Crippen LogP contribution in [0.15, 0.2) is 70.6 Å². The molecule has 1 saturated heterocycles. The van der Waals surface area contributed by atoms with Crippen LogP contribution in [0.25, 0.3) is 23.0 Å². The van der Waals surface area contributed by atoms with Crippen molar-refractivity contribution in [2.24, 2.45) is 0 Å². The maximum atomic E-state index is 12.6. The molecule has 0 aliphatic carbocycles. The number of aromatic nitrogens is 2. The van der Waals surface area contributed by atoms with Crippen LogP contribution in [-0.4, -0.2) is 58.8 Å². The zero-order chi connectivity index (χ0) is 23.0. The van der Waals surface area contributed by atoms with E-state index in [4.69, 9.17) is 17.3 Å². The van der Waals surface area contributed by atoms with Gasteiger partial charge in [-0.05, 0) is 30.3 Å². The van der Waals surface area contributed by atoms with Crippen molar-refractivity contribution in [3.8, 4) is 16.9 Å².